The van der Waals surface area contributed by atoms with Crippen LogP contribution in [0, 0.1) is 5.92 Å². The van der Waals surface area contributed by atoms with Gasteiger partial charge >= 0.3 is 0 Å². The Morgan fingerprint density at radius 2 is 2.40 bits per heavy atom. The molecule has 1 atom stereocenters. The topological polar surface area (TPSA) is 29.0 Å². The van der Waals surface area contributed by atoms with Gasteiger partial charge in [0.2, 0.25) is 0 Å². The molecule has 1 aliphatic heterocycles. The molecule has 0 amide bonds. The fraction of sp³-hybridized carbons (Fsp3) is 0.636. The SMILES string of the molecule is CCC1CCN(c2cncc(CCl)n2)C1. The summed E-state index contributed by atoms with van der Waals surface area (Å²) in [5.74, 6) is 2.22. The van der Waals surface area contributed by atoms with Gasteiger partial charge in [-0.05, 0) is 12.3 Å². The molecule has 0 aromatic carbocycles. The highest BCUT2D eigenvalue weighted by molar-refractivity contribution is 6.16. The van der Waals surface area contributed by atoms with Crippen LogP contribution in [0.25, 0.3) is 0 Å². The molecule has 0 bridgehead atoms. The molecule has 4 heteroatoms. The Bertz CT molecular complexity index is 329. The van der Waals surface area contributed by atoms with Gasteiger partial charge in [-0.15, -0.1) is 11.6 Å². The molecule has 1 unspecified atom stereocenters. The van der Waals surface area contributed by atoms with Crippen LogP contribution in [-0.2, 0) is 5.88 Å². The fourth-order valence-electron chi connectivity index (χ4n) is 1.99. The highest BCUT2D eigenvalue weighted by Crippen LogP contribution is 2.23. The standard InChI is InChI=1S/C11H16ClN3/c1-2-9-3-4-15(8-9)11-7-13-6-10(5-12)14-11/h6-7,9H,2-5,8H2,1H3. The van der Waals surface area contributed by atoms with Crippen LogP contribution in [0.4, 0.5) is 5.82 Å². The number of alkyl halides is 1. The van der Waals surface area contributed by atoms with Crippen LogP contribution in [0.5, 0.6) is 0 Å². The molecule has 3 nitrogen and oxygen atoms in total. The second kappa shape index (κ2) is 4.79. The van der Waals surface area contributed by atoms with Gasteiger partial charge in [-0.2, -0.15) is 0 Å². The lowest BCUT2D eigenvalue weighted by atomic mass is 10.1. The first-order valence-electron chi connectivity index (χ1n) is 5.45. The normalized spacial score (nSPS) is 20.9. The Morgan fingerprint density at radius 3 is 3.07 bits per heavy atom. The average molecular weight is 226 g/mol. The number of halogens is 1. The van der Waals surface area contributed by atoms with Crippen LogP contribution in [0.2, 0.25) is 0 Å². The smallest absolute Gasteiger partial charge is 0.147 e. The zero-order valence-electron chi connectivity index (χ0n) is 8.99. The van der Waals surface area contributed by atoms with E-state index < -0.39 is 0 Å². The molecule has 2 heterocycles. The van der Waals surface area contributed by atoms with Crippen molar-refractivity contribution in [2.24, 2.45) is 5.92 Å². The van der Waals surface area contributed by atoms with E-state index in [9.17, 15) is 0 Å². The van der Waals surface area contributed by atoms with Crippen molar-refractivity contribution in [1.82, 2.24) is 9.97 Å². The third-order valence-corrected chi connectivity index (χ3v) is 3.27. The lowest BCUT2D eigenvalue weighted by molar-refractivity contribution is 0.568. The molecule has 1 aromatic rings. The van der Waals surface area contributed by atoms with Crippen molar-refractivity contribution >= 4 is 17.4 Å². The lowest BCUT2D eigenvalue weighted by Gasteiger charge is -2.17. The van der Waals surface area contributed by atoms with Crippen molar-refractivity contribution in [3.63, 3.8) is 0 Å². The molecule has 0 N–H and O–H groups in total. The Balaban J connectivity index is 2.09. The Morgan fingerprint density at radius 1 is 1.53 bits per heavy atom. The maximum Gasteiger partial charge on any atom is 0.147 e. The Hall–Kier alpha value is -0.830. The third-order valence-electron chi connectivity index (χ3n) is 3.00. The van der Waals surface area contributed by atoms with Gasteiger partial charge in [0.05, 0.1) is 17.8 Å². The zero-order valence-corrected chi connectivity index (χ0v) is 9.74. The summed E-state index contributed by atoms with van der Waals surface area (Å²) in [6, 6.07) is 0. The van der Waals surface area contributed by atoms with Crippen LogP contribution in [0.3, 0.4) is 0 Å². The molecule has 0 saturated carbocycles. The van der Waals surface area contributed by atoms with Crippen LogP contribution < -0.4 is 4.90 Å². The first kappa shape index (κ1) is 10.7. The van der Waals surface area contributed by atoms with Gasteiger partial charge in [-0.3, -0.25) is 4.98 Å². The summed E-state index contributed by atoms with van der Waals surface area (Å²) in [5.41, 5.74) is 0.856. The molecule has 0 radical (unpaired) electrons. The highest BCUT2D eigenvalue weighted by atomic mass is 35.5. The first-order valence-corrected chi connectivity index (χ1v) is 5.98. The minimum atomic E-state index is 0.436. The number of nitrogens with zero attached hydrogens (tertiary/aromatic N) is 3. The molecule has 0 aliphatic carbocycles. The number of hydrogen-bond acceptors (Lipinski definition) is 3. The summed E-state index contributed by atoms with van der Waals surface area (Å²) in [4.78, 5) is 10.9. The largest absolute Gasteiger partial charge is 0.355 e. The lowest BCUT2D eigenvalue weighted by Crippen LogP contribution is -2.21. The zero-order chi connectivity index (χ0) is 10.7. The third kappa shape index (κ3) is 2.40. The predicted octanol–water partition coefficient (Wildman–Crippen LogP) is 2.45. The quantitative estimate of drug-likeness (QED) is 0.740. The Kier molecular flexibility index (Phi) is 3.41. The average Bonchev–Trinajstić information content (AvgIpc) is 2.78. The van der Waals surface area contributed by atoms with Crippen molar-refractivity contribution < 1.29 is 0 Å². The van der Waals surface area contributed by atoms with E-state index in [4.69, 9.17) is 11.6 Å². The van der Waals surface area contributed by atoms with Gasteiger partial charge in [-0.25, -0.2) is 4.98 Å². The van der Waals surface area contributed by atoms with Gasteiger partial charge in [0.15, 0.2) is 0 Å². The predicted molar refractivity (Wildman–Crippen MR) is 62.2 cm³/mol. The molecule has 0 spiro atoms. The molecular weight excluding hydrogens is 210 g/mol. The van der Waals surface area contributed by atoms with E-state index in [2.05, 4.69) is 21.8 Å². The summed E-state index contributed by atoms with van der Waals surface area (Å²) in [6.07, 6.45) is 6.07. The number of anilines is 1. The van der Waals surface area contributed by atoms with E-state index >= 15 is 0 Å². The maximum atomic E-state index is 5.74. The van der Waals surface area contributed by atoms with E-state index in [-0.39, 0.29) is 0 Å². The second-order valence-corrected chi connectivity index (χ2v) is 4.28. The van der Waals surface area contributed by atoms with Crippen molar-refractivity contribution in [3.8, 4) is 0 Å². The van der Waals surface area contributed by atoms with Crippen LogP contribution >= 0.6 is 11.6 Å². The van der Waals surface area contributed by atoms with Crippen LogP contribution in [-0.4, -0.2) is 23.1 Å². The van der Waals surface area contributed by atoms with Crippen LogP contribution in [0.15, 0.2) is 12.4 Å². The molecule has 1 fully saturated rings. The molecule has 1 aliphatic rings. The molecule has 1 saturated heterocycles. The van der Waals surface area contributed by atoms with E-state index in [0.717, 1.165) is 30.5 Å². The number of hydrogen-bond donors (Lipinski definition) is 0. The van der Waals surface area contributed by atoms with Gasteiger partial charge in [0, 0.05) is 19.3 Å². The minimum Gasteiger partial charge on any atom is -0.355 e. The number of rotatable bonds is 3. The Labute approximate surface area is 95.5 Å². The van der Waals surface area contributed by atoms with E-state index in [1.807, 2.05) is 6.20 Å². The van der Waals surface area contributed by atoms with Crippen LogP contribution in [0.1, 0.15) is 25.5 Å². The van der Waals surface area contributed by atoms with Crippen molar-refractivity contribution in [2.45, 2.75) is 25.6 Å². The van der Waals surface area contributed by atoms with Crippen molar-refractivity contribution in [2.75, 3.05) is 18.0 Å². The van der Waals surface area contributed by atoms with E-state index in [1.165, 1.54) is 12.8 Å². The van der Waals surface area contributed by atoms with Gasteiger partial charge in [0.25, 0.3) is 0 Å². The summed E-state index contributed by atoms with van der Waals surface area (Å²) in [5, 5.41) is 0. The van der Waals surface area contributed by atoms with Crippen molar-refractivity contribution in [1.29, 1.82) is 0 Å². The van der Waals surface area contributed by atoms with Gasteiger partial charge in [0.1, 0.15) is 5.82 Å². The minimum absolute atomic E-state index is 0.436. The van der Waals surface area contributed by atoms with Gasteiger partial charge < -0.3 is 4.90 Å². The summed E-state index contributed by atoms with van der Waals surface area (Å²) < 4.78 is 0. The summed E-state index contributed by atoms with van der Waals surface area (Å²) >= 11 is 5.74. The molecule has 15 heavy (non-hydrogen) atoms. The van der Waals surface area contributed by atoms with Gasteiger partial charge in [-0.1, -0.05) is 13.3 Å². The fourth-order valence-corrected chi connectivity index (χ4v) is 2.11. The first-order chi connectivity index (χ1) is 7.33. The molecule has 82 valence electrons. The maximum absolute atomic E-state index is 5.74. The highest BCUT2D eigenvalue weighted by Gasteiger charge is 2.22. The summed E-state index contributed by atoms with van der Waals surface area (Å²) in [6.45, 7) is 4.45. The molecule has 2 rings (SSSR count). The van der Waals surface area contributed by atoms with E-state index in [1.54, 1.807) is 6.20 Å². The number of aromatic nitrogens is 2. The molecular formula is C11H16ClN3. The monoisotopic (exact) mass is 225 g/mol. The summed E-state index contributed by atoms with van der Waals surface area (Å²) in [7, 11) is 0. The second-order valence-electron chi connectivity index (χ2n) is 4.01. The van der Waals surface area contributed by atoms with Crippen molar-refractivity contribution in [3.05, 3.63) is 18.1 Å². The molecule has 1 aromatic heterocycles. The van der Waals surface area contributed by atoms with E-state index in [0.29, 0.717) is 5.88 Å².